The highest BCUT2D eigenvalue weighted by atomic mass is 16.5. The fourth-order valence-corrected chi connectivity index (χ4v) is 4.04. The summed E-state index contributed by atoms with van der Waals surface area (Å²) in [6, 6.07) is 1.60. The summed E-state index contributed by atoms with van der Waals surface area (Å²) in [5.41, 5.74) is 0.838. The molecule has 2 saturated heterocycles. The van der Waals surface area contributed by atoms with Crippen molar-refractivity contribution in [2.24, 2.45) is 5.92 Å². The average Bonchev–Trinajstić information content (AvgIpc) is 3.21. The van der Waals surface area contributed by atoms with Gasteiger partial charge in [-0.05, 0) is 18.8 Å². The van der Waals surface area contributed by atoms with Crippen molar-refractivity contribution in [3.63, 3.8) is 0 Å². The number of hydrogen-bond acceptors (Lipinski definition) is 4. The Balaban J connectivity index is 1.49. The summed E-state index contributed by atoms with van der Waals surface area (Å²) in [5, 5.41) is 14.8. The van der Waals surface area contributed by atoms with Gasteiger partial charge in [-0.3, -0.25) is 5.21 Å². The Morgan fingerprint density at radius 3 is 2.90 bits per heavy atom. The molecule has 3 heterocycles. The third-order valence-corrected chi connectivity index (χ3v) is 5.23. The molecule has 1 aromatic rings. The summed E-state index contributed by atoms with van der Waals surface area (Å²) in [5.74, 6) is 1.66. The van der Waals surface area contributed by atoms with Gasteiger partial charge in [0.25, 0.3) is 0 Å². The number of carbonyl (C=O) groups excluding carboxylic acids is 1. The van der Waals surface area contributed by atoms with Crippen LogP contribution >= 0.6 is 0 Å². The minimum absolute atomic E-state index is 0.0491. The molecule has 2 atom stereocenters. The Labute approximate surface area is 123 Å². The van der Waals surface area contributed by atoms with Crippen molar-refractivity contribution < 1.29 is 14.5 Å². The largest absolute Gasteiger partial charge is 0.361 e. The van der Waals surface area contributed by atoms with E-state index in [9.17, 15) is 10.0 Å². The van der Waals surface area contributed by atoms with Crippen LogP contribution in [-0.4, -0.2) is 38.9 Å². The van der Waals surface area contributed by atoms with Crippen molar-refractivity contribution >= 4 is 6.03 Å². The number of hydrogen-bond donors (Lipinski definition) is 1. The minimum Gasteiger partial charge on any atom is -0.361 e. The number of aromatic nitrogens is 1. The molecular formula is C15H21N3O3. The van der Waals surface area contributed by atoms with E-state index in [2.05, 4.69) is 5.16 Å². The second-order valence-corrected chi connectivity index (χ2v) is 6.60. The Morgan fingerprint density at radius 1 is 1.29 bits per heavy atom. The smallest absolute Gasteiger partial charge is 0.344 e. The molecule has 2 bridgehead atoms. The van der Waals surface area contributed by atoms with Crippen LogP contribution in [-0.2, 0) is 6.42 Å². The van der Waals surface area contributed by atoms with E-state index in [0.29, 0.717) is 6.54 Å². The Morgan fingerprint density at radius 2 is 2.10 bits per heavy atom. The van der Waals surface area contributed by atoms with Gasteiger partial charge in [0.2, 0.25) is 0 Å². The topological polar surface area (TPSA) is 69.8 Å². The molecule has 3 fully saturated rings. The van der Waals surface area contributed by atoms with Crippen molar-refractivity contribution in [1.29, 1.82) is 0 Å². The summed E-state index contributed by atoms with van der Waals surface area (Å²) < 4.78 is 5.48. The molecular weight excluding hydrogens is 270 g/mol. The second-order valence-electron chi connectivity index (χ2n) is 6.60. The van der Waals surface area contributed by atoms with E-state index < -0.39 is 0 Å². The number of rotatable bonds is 3. The SMILES string of the molecule is O=C1N(O)[C@@H]2CC[C@@H](c3cc(CC4CCCC4)on3)N1C2. The van der Waals surface area contributed by atoms with Crippen molar-refractivity contribution in [2.45, 2.75) is 57.0 Å². The first-order valence-electron chi connectivity index (χ1n) is 7.96. The number of fused-ring (bicyclic) bond motifs is 2. The fraction of sp³-hybridized carbons (Fsp3) is 0.733. The summed E-state index contributed by atoms with van der Waals surface area (Å²) >= 11 is 0. The summed E-state index contributed by atoms with van der Waals surface area (Å²) in [6.07, 6.45) is 7.82. The lowest BCUT2D eigenvalue weighted by Gasteiger charge is -2.28. The lowest BCUT2D eigenvalue weighted by Crippen LogP contribution is -2.34. The van der Waals surface area contributed by atoms with Gasteiger partial charge in [0.1, 0.15) is 11.5 Å². The van der Waals surface area contributed by atoms with Gasteiger partial charge in [-0.25, -0.2) is 9.86 Å². The number of carbonyl (C=O) groups is 1. The molecule has 0 aromatic carbocycles. The molecule has 6 heteroatoms. The van der Waals surface area contributed by atoms with Crippen LogP contribution in [0.2, 0.25) is 0 Å². The van der Waals surface area contributed by atoms with Gasteiger partial charge in [-0.15, -0.1) is 0 Å². The van der Waals surface area contributed by atoms with Crippen LogP contribution in [0, 0.1) is 5.92 Å². The quantitative estimate of drug-likeness (QED) is 0.869. The van der Waals surface area contributed by atoms with Crippen molar-refractivity contribution in [3.8, 4) is 0 Å². The lowest BCUT2D eigenvalue weighted by molar-refractivity contribution is -0.0584. The summed E-state index contributed by atoms with van der Waals surface area (Å²) in [6.45, 7) is 0.588. The molecule has 1 saturated carbocycles. The summed E-state index contributed by atoms with van der Waals surface area (Å²) in [7, 11) is 0. The number of piperidine rings is 1. The van der Waals surface area contributed by atoms with Crippen LogP contribution in [0.4, 0.5) is 4.79 Å². The van der Waals surface area contributed by atoms with Crippen molar-refractivity contribution in [3.05, 3.63) is 17.5 Å². The van der Waals surface area contributed by atoms with Crippen LogP contribution < -0.4 is 0 Å². The normalized spacial score (nSPS) is 29.7. The molecule has 1 N–H and O–H groups in total. The monoisotopic (exact) mass is 291 g/mol. The van der Waals surface area contributed by atoms with Gasteiger partial charge in [0.05, 0.1) is 12.1 Å². The number of urea groups is 1. The Hall–Kier alpha value is -1.56. The highest BCUT2D eigenvalue weighted by Gasteiger charge is 2.45. The molecule has 1 aromatic heterocycles. The first kappa shape index (κ1) is 13.1. The van der Waals surface area contributed by atoms with Gasteiger partial charge < -0.3 is 9.42 Å². The van der Waals surface area contributed by atoms with Crippen LogP contribution in [0.3, 0.4) is 0 Å². The fourth-order valence-electron chi connectivity index (χ4n) is 4.04. The molecule has 2 aliphatic heterocycles. The van der Waals surface area contributed by atoms with Crippen LogP contribution in [0.5, 0.6) is 0 Å². The van der Waals surface area contributed by atoms with E-state index in [1.54, 1.807) is 4.90 Å². The van der Waals surface area contributed by atoms with E-state index in [1.165, 1.54) is 25.7 Å². The first-order valence-corrected chi connectivity index (χ1v) is 7.96. The van der Waals surface area contributed by atoms with Gasteiger partial charge >= 0.3 is 6.03 Å². The zero-order chi connectivity index (χ0) is 14.4. The molecule has 4 rings (SSSR count). The van der Waals surface area contributed by atoms with Crippen LogP contribution in [0.15, 0.2) is 10.6 Å². The molecule has 21 heavy (non-hydrogen) atoms. The average molecular weight is 291 g/mol. The van der Waals surface area contributed by atoms with Crippen LogP contribution in [0.1, 0.15) is 56.0 Å². The molecule has 114 valence electrons. The van der Waals surface area contributed by atoms with Crippen molar-refractivity contribution in [1.82, 2.24) is 15.1 Å². The zero-order valence-electron chi connectivity index (χ0n) is 12.1. The molecule has 2 amide bonds. The van der Waals surface area contributed by atoms with E-state index >= 15 is 0 Å². The molecule has 0 unspecified atom stereocenters. The summed E-state index contributed by atoms with van der Waals surface area (Å²) in [4.78, 5) is 13.7. The molecule has 1 aliphatic carbocycles. The van der Waals surface area contributed by atoms with E-state index in [0.717, 1.165) is 41.7 Å². The molecule has 6 nitrogen and oxygen atoms in total. The first-order chi connectivity index (χ1) is 10.2. The van der Waals surface area contributed by atoms with Gasteiger partial charge in [-0.2, -0.15) is 0 Å². The zero-order valence-corrected chi connectivity index (χ0v) is 12.1. The third-order valence-electron chi connectivity index (χ3n) is 5.23. The number of nitrogens with zero attached hydrogens (tertiary/aromatic N) is 3. The highest BCUT2D eigenvalue weighted by Crippen LogP contribution is 2.37. The van der Waals surface area contributed by atoms with Gasteiger partial charge in [0, 0.05) is 19.0 Å². The van der Waals surface area contributed by atoms with Crippen LogP contribution in [0.25, 0.3) is 0 Å². The van der Waals surface area contributed by atoms with Gasteiger partial charge in [-0.1, -0.05) is 30.8 Å². The van der Waals surface area contributed by atoms with E-state index in [1.807, 2.05) is 6.07 Å². The molecule has 0 spiro atoms. The van der Waals surface area contributed by atoms with Crippen molar-refractivity contribution in [2.75, 3.05) is 6.54 Å². The maximum Gasteiger partial charge on any atom is 0.344 e. The predicted octanol–water partition coefficient (Wildman–Crippen LogP) is 2.74. The maximum absolute atomic E-state index is 12.0. The van der Waals surface area contributed by atoms with E-state index in [4.69, 9.17) is 4.52 Å². The third kappa shape index (κ3) is 2.21. The highest BCUT2D eigenvalue weighted by molar-refractivity contribution is 5.76. The molecule has 3 aliphatic rings. The maximum atomic E-state index is 12.0. The standard InChI is InChI=1S/C15H21N3O3/c19-15-17-9-11(18(15)20)5-6-14(17)13-8-12(21-16-13)7-10-3-1-2-4-10/h8,10-11,14,20H,1-7,9H2/t11-,14+/m1/s1. The number of hydroxylamine groups is 2. The second kappa shape index (κ2) is 5.02. The predicted molar refractivity (Wildman–Crippen MR) is 73.7 cm³/mol. The Kier molecular flexibility index (Phi) is 3.14. The number of amides is 2. The Bertz CT molecular complexity index is 538. The van der Waals surface area contributed by atoms with Gasteiger partial charge in [0.15, 0.2) is 0 Å². The van der Waals surface area contributed by atoms with E-state index in [-0.39, 0.29) is 18.1 Å². The minimum atomic E-state index is -0.303. The lowest BCUT2D eigenvalue weighted by atomic mass is 9.97. The molecule has 0 radical (unpaired) electrons.